The van der Waals surface area contributed by atoms with Crippen LogP contribution >= 0.6 is 34.4 Å². The number of thiophene rings is 2. The molecule has 0 bridgehead atoms. The Hall–Kier alpha value is -4.17. The summed E-state index contributed by atoms with van der Waals surface area (Å²) in [6.45, 7) is 4.17. The van der Waals surface area contributed by atoms with Gasteiger partial charge in [-0.1, -0.05) is 38.1 Å². The van der Waals surface area contributed by atoms with Crippen LogP contribution in [0.2, 0.25) is 0 Å². The molecule has 224 valence electrons. The quantitative estimate of drug-likeness (QED) is 0.121. The van der Waals surface area contributed by atoms with E-state index in [2.05, 4.69) is 28.9 Å². The number of benzene rings is 2. The average Bonchev–Trinajstić information content (AvgIpc) is 3.66. The van der Waals surface area contributed by atoms with Gasteiger partial charge >= 0.3 is 0 Å². The van der Waals surface area contributed by atoms with Crippen LogP contribution in [0.25, 0.3) is 6.08 Å². The van der Waals surface area contributed by atoms with Crippen molar-refractivity contribution in [3.8, 4) is 6.07 Å². The van der Waals surface area contributed by atoms with Crippen molar-refractivity contribution in [2.75, 3.05) is 10.6 Å². The van der Waals surface area contributed by atoms with Crippen molar-refractivity contribution in [1.29, 1.82) is 5.26 Å². The standard InChI is InChI=1S/C34H32N4O3S3/c1-3-29(33(41)38-34-27(19-35)26-13-12-21(2)16-30(26)44-34)43-25-11-7-10-24(18-25)36-32(40)28(17-22-14-15-42-20-22)37-31(39)23-8-5-4-6-9-23/h4-11,14-15,17-18,20-21,29H,3,12-13,16H2,1-2H3,(H,36,40)(H,37,39)(H,38,41)/b28-17-. The Labute approximate surface area is 269 Å². The number of hydrogen-bond donors (Lipinski definition) is 3. The lowest BCUT2D eigenvalue weighted by molar-refractivity contribution is -0.116. The number of thioether (sulfide) groups is 1. The number of nitrogens with one attached hydrogen (secondary N) is 3. The van der Waals surface area contributed by atoms with Crippen LogP contribution in [0.15, 0.2) is 82.0 Å². The van der Waals surface area contributed by atoms with E-state index in [1.54, 1.807) is 36.4 Å². The lowest BCUT2D eigenvalue weighted by Crippen LogP contribution is -2.30. The highest BCUT2D eigenvalue weighted by Gasteiger charge is 2.27. The normalized spacial score (nSPS) is 15.0. The van der Waals surface area contributed by atoms with Gasteiger partial charge in [0.25, 0.3) is 11.8 Å². The molecule has 1 aliphatic rings. The van der Waals surface area contributed by atoms with E-state index >= 15 is 0 Å². The van der Waals surface area contributed by atoms with Crippen LogP contribution in [0.3, 0.4) is 0 Å². The predicted octanol–water partition coefficient (Wildman–Crippen LogP) is 7.73. The molecule has 10 heteroatoms. The maximum absolute atomic E-state index is 13.4. The molecule has 0 fully saturated rings. The maximum Gasteiger partial charge on any atom is 0.272 e. The molecule has 0 radical (unpaired) electrons. The largest absolute Gasteiger partial charge is 0.321 e. The third-order valence-corrected chi connectivity index (χ3v) is 10.5. The first-order valence-corrected chi connectivity index (χ1v) is 17.0. The Kier molecular flexibility index (Phi) is 10.3. The highest BCUT2D eigenvalue weighted by Crippen LogP contribution is 2.40. The van der Waals surface area contributed by atoms with Crippen molar-refractivity contribution in [2.45, 2.75) is 49.7 Å². The van der Waals surface area contributed by atoms with Gasteiger partial charge in [0.15, 0.2) is 0 Å². The molecule has 0 aliphatic heterocycles. The predicted molar refractivity (Wildman–Crippen MR) is 180 cm³/mol. The van der Waals surface area contributed by atoms with Gasteiger partial charge in [-0.15, -0.1) is 23.1 Å². The van der Waals surface area contributed by atoms with Crippen LogP contribution in [0, 0.1) is 17.2 Å². The van der Waals surface area contributed by atoms with Gasteiger partial charge in [-0.25, -0.2) is 0 Å². The molecule has 2 aromatic carbocycles. The summed E-state index contributed by atoms with van der Waals surface area (Å²) in [7, 11) is 0. The number of nitriles is 1. The molecule has 2 heterocycles. The molecule has 2 aromatic heterocycles. The van der Waals surface area contributed by atoms with E-state index in [4.69, 9.17) is 0 Å². The third-order valence-electron chi connectivity index (χ3n) is 7.28. The van der Waals surface area contributed by atoms with Gasteiger partial charge in [-0.3, -0.25) is 14.4 Å². The van der Waals surface area contributed by atoms with Crippen LogP contribution in [0.4, 0.5) is 10.7 Å². The molecule has 0 spiro atoms. The summed E-state index contributed by atoms with van der Waals surface area (Å²) in [6, 6.07) is 20.2. The van der Waals surface area contributed by atoms with Crippen LogP contribution in [-0.4, -0.2) is 23.0 Å². The number of nitrogens with zero attached hydrogens (tertiary/aromatic N) is 1. The van der Waals surface area contributed by atoms with Crippen molar-refractivity contribution in [1.82, 2.24) is 5.32 Å². The summed E-state index contributed by atoms with van der Waals surface area (Å²) >= 11 is 4.42. The maximum atomic E-state index is 13.4. The van der Waals surface area contributed by atoms with Crippen molar-refractivity contribution in [3.05, 3.63) is 104 Å². The van der Waals surface area contributed by atoms with Crippen LogP contribution in [0.5, 0.6) is 0 Å². The SMILES string of the molecule is CCC(Sc1cccc(NC(=O)/C(=C/c2ccsc2)NC(=O)c2ccccc2)c1)C(=O)Nc1sc2c(c1C#N)CCC(C)C2. The summed E-state index contributed by atoms with van der Waals surface area (Å²) in [5.74, 6) is -0.429. The van der Waals surface area contributed by atoms with E-state index in [-0.39, 0.29) is 17.5 Å². The van der Waals surface area contributed by atoms with Crippen LogP contribution in [0.1, 0.15) is 58.6 Å². The third kappa shape index (κ3) is 7.66. The molecule has 0 saturated carbocycles. The molecular formula is C34H32N4O3S3. The minimum atomic E-state index is -0.465. The molecule has 3 amide bonds. The minimum absolute atomic E-state index is 0.113. The highest BCUT2D eigenvalue weighted by molar-refractivity contribution is 8.00. The molecular weight excluding hydrogens is 609 g/mol. The lowest BCUT2D eigenvalue weighted by atomic mass is 9.88. The zero-order valence-electron chi connectivity index (χ0n) is 24.4. The summed E-state index contributed by atoms with van der Waals surface area (Å²) in [5.41, 5.74) is 3.57. The molecule has 7 nitrogen and oxygen atoms in total. The lowest BCUT2D eigenvalue weighted by Gasteiger charge is -2.17. The van der Waals surface area contributed by atoms with Gasteiger partial charge in [-0.05, 0) is 96.0 Å². The fourth-order valence-corrected chi connectivity index (χ4v) is 7.94. The fraction of sp³-hybridized carbons (Fsp3) is 0.235. The summed E-state index contributed by atoms with van der Waals surface area (Å²) in [4.78, 5) is 41.6. The molecule has 0 saturated heterocycles. The Morgan fingerprint density at radius 3 is 2.66 bits per heavy atom. The first kappa shape index (κ1) is 31.3. The van der Waals surface area contributed by atoms with Crippen molar-refractivity contribution in [3.63, 3.8) is 0 Å². The highest BCUT2D eigenvalue weighted by atomic mass is 32.2. The topological polar surface area (TPSA) is 111 Å². The smallest absolute Gasteiger partial charge is 0.272 e. The monoisotopic (exact) mass is 640 g/mol. The Morgan fingerprint density at radius 1 is 1.11 bits per heavy atom. The minimum Gasteiger partial charge on any atom is -0.321 e. The van der Waals surface area contributed by atoms with Gasteiger partial charge in [0, 0.05) is 21.0 Å². The number of fused-ring (bicyclic) bond motifs is 1. The zero-order chi connectivity index (χ0) is 31.1. The molecule has 1 aliphatic carbocycles. The van der Waals surface area contributed by atoms with E-state index < -0.39 is 11.2 Å². The zero-order valence-corrected chi connectivity index (χ0v) is 26.8. The van der Waals surface area contributed by atoms with Crippen LogP contribution in [-0.2, 0) is 22.4 Å². The number of rotatable bonds is 10. The first-order valence-electron chi connectivity index (χ1n) is 14.4. The number of anilines is 2. The van der Waals surface area contributed by atoms with Crippen molar-refractivity contribution >= 4 is 68.9 Å². The second-order valence-electron chi connectivity index (χ2n) is 10.6. The summed E-state index contributed by atoms with van der Waals surface area (Å²) in [6.07, 6.45) is 5.08. The van der Waals surface area contributed by atoms with Gasteiger partial charge in [0.2, 0.25) is 5.91 Å². The van der Waals surface area contributed by atoms with Crippen molar-refractivity contribution in [2.24, 2.45) is 5.92 Å². The molecule has 5 rings (SSSR count). The first-order chi connectivity index (χ1) is 21.3. The molecule has 2 unspecified atom stereocenters. The van der Waals surface area contributed by atoms with E-state index in [1.165, 1.54) is 39.3 Å². The molecule has 2 atom stereocenters. The number of hydrogen-bond acceptors (Lipinski definition) is 7. The fourth-order valence-electron chi connectivity index (χ4n) is 4.95. The van der Waals surface area contributed by atoms with E-state index in [9.17, 15) is 19.6 Å². The Bertz CT molecular complexity index is 1720. The van der Waals surface area contributed by atoms with Gasteiger partial charge < -0.3 is 16.0 Å². The van der Waals surface area contributed by atoms with E-state index in [0.29, 0.717) is 34.2 Å². The second kappa shape index (κ2) is 14.5. The Morgan fingerprint density at radius 2 is 1.93 bits per heavy atom. The second-order valence-corrected chi connectivity index (χ2v) is 13.7. The van der Waals surface area contributed by atoms with Gasteiger partial charge in [-0.2, -0.15) is 16.6 Å². The number of carbonyl (C=O) groups is 3. The molecule has 44 heavy (non-hydrogen) atoms. The van der Waals surface area contributed by atoms with Gasteiger partial charge in [0.05, 0.1) is 10.8 Å². The molecule has 3 N–H and O–H groups in total. The number of carbonyl (C=O) groups excluding carboxylic acids is 3. The van der Waals surface area contributed by atoms with Gasteiger partial charge in [0.1, 0.15) is 16.8 Å². The molecule has 4 aromatic rings. The summed E-state index contributed by atoms with van der Waals surface area (Å²) < 4.78 is 0. The summed E-state index contributed by atoms with van der Waals surface area (Å²) in [5, 5.41) is 22.5. The van der Waals surface area contributed by atoms with E-state index in [0.717, 1.165) is 35.3 Å². The average molecular weight is 641 g/mol. The van der Waals surface area contributed by atoms with E-state index in [1.807, 2.05) is 48.0 Å². The van der Waals surface area contributed by atoms with Crippen molar-refractivity contribution < 1.29 is 14.4 Å². The number of amides is 3. The Balaban J connectivity index is 1.28. The van der Waals surface area contributed by atoms with Crippen LogP contribution < -0.4 is 16.0 Å².